The molecule has 3 rings (SSSR count). The number of aromatic nitrogens is 1. The Morgan fingerprint density at radius 2 is 1.75 bits per heavy atom. The van der Waals surface area contributed by atoms with Crippen LogP contribution < -0.4 is 0 Å². The van der Waals surface area contributed by atoms with Gasteiger partial charge in [-0.25, -0.2) is 8.42 Å². The van der Waals surface area contributed by atoms with Crippen LogP contribution in [-0.4, -0.2) is 40.0 Å². The Kier molecular flexibility index (Phi) is 7.62. The SMILES string of the molecule is Cc1ccc(S(=O)(=O)C(O)c2c(COCOCC[Si](C)(C)C)cc(C)c3[nH]ccc23)cc1. The highest BCUT2D eigenvalue weighted by Gasteiger charge is 2.31. The minimum absolute atomic E-state index is 0.0846. The Bertz CT molecular complexity index is 1160. The van der Waals surface area contributed by atoms with E-state index in [1.807, 2.05) is 19.9 Å². The molecule has 3 aromatic rings. The third-order valence-corrected chi connectivity index (χ3v) is 8.94. The van der Waals surface area contributed by atoms with Crippen molar-refractivity contribution in [2.45, 2.75) is 56.5 Å². The summed E-state index contributed by atoms with van der Waals surface area (Å²) in [5.74, 6) is 0. The lowest BCUT2D eigenvalue weighted by atomic mass is 10.0. The summed E-state index contributed by atoms with van der Waals surface area (Å²) in [6.45, 7) is 11.6. The quantitative estimate of drug-likeness (QED) is 0.243. The van der Waals surface area contributed by atoms with Crippen LogP contribution in [0.2, 0.25) is 25.7 Å². The highest BCUT2D eigenvalue weighted by Crippen LogP contribution is 2.36. The van der Waals surface area contributed by atoms with Crippen LogP contribution in [0.15, 0.2) is 47.5 Å². The van der Waals surface area contributed by atoms with Gasteiger partial charge in [0.1, 0.15) is 6.79 Å². The molecule has 0 spiro atoms. The molecule has 0 saturated heterocycles. The first-order chi connectivity index (χ1) is 15.0. The number of hydrogen-bond acceptors (Lipinski definition) is 5. The highest BCUT2D eigenvalue weighted by molar-refractivity contribution is 7.91. The van der Waals surface area contributed by atoms with E-state index in [0.29, 0.717) is 23.1 Å². The van der Waals surface area contributed by atoms with Crippen LogP contribution in [0.3, 0.4) is 0 Å². The van der Waals surface area contributed by atoms with Gasteiger partial charge in [0.05, 0.1) is 11.5 Å². The van der Waals surface area contributed by atoms with E-state index >= 15 is 0 Å². The standard InChI is InChI=1S/C24H33NO5SSi/c1-17-6-8-20(9-7-17)31(27,28)24(26)22-19(14-18(2)23-21(22)10-11-25-23)15-30-16-29-12-13-32(3,4)5/h6-11,14,24-26H,12-13,15-16H2,1-5H3. The van der Waals surface area contributed by atoms with Crippen molar-refractivity contribution in [3.63, 3.8) is 0 Å². The molecule has 0 radical (unpaired) electrons. The maximum Gasteiger partial charge on any atom is 0.209 e. The normalized spacial score (nSPS) is 13.6. The van der Waals surface area contributed by atoms with Gasteiger partial charge >= 0.3 is 0 Å². The molecule has 0 bridgehead atoms. The van der Waals surface area contributed by atoms with Crippen molar-refractivity contribution in [3.8, 4) is 0 Å². The summed E-state index contributed by atoms with van der Waals surface area (Å²) < 4.78 is 37.8. The van der Waals surface area contributed by atoms with E-state index in [4.69, 9.17) is 9.47 Å². The van der Waals surface area contributed by atoms with Crippen LogP contribution in [0.4, 0.5) is 0 Å². The molecule has 2 N–H and O–H groups in total. The van der Waals surface area contributed by atoms with Gasteiger partial charge in [-0.2, -0.15) is 0 Å². The number of aliphatic hydroxyl groups is 1. The number of aliphatic hydroxyl groups excluding tert-OH is 1. The van der Waals surface area contributed by atoms with Crippen LogP contribution >= 0.6 is 0 Å². The van der Waals surface area contributed by atoms with Gasteiger partial charge in [-0.1, -0.05) is 43.4 Å². The van der Waals surface area contributed by atoms with Gasteiger partial charge in [-0.3, -0.25) is 0 Å². The van der Waals surface area contributed by atoms with Crippen LogP contribution in [0.25, 0.3) is 10.9 Å². The zero-order valence-corrected chi connectivity index (χ0v) is 21.3. The summed E-state index contributed by atoms with van der Waals surface area (Å²) in [5.41, 5.74) is 1.96. The smallest absolute Gasteiger partial charge is 0.209 e. The van der Waals surface area contributed by atoms with Crippen LogP contribution in [-0.2, 0) is 25.9 Å². The number of ether oxygens (including phenoxy) is 2. The minimum atomic E-state index is -4.01. The number of nitrogens with one attached hydrogen (secondary N) is 1. The van der Waals surface area contributed by atoms with Crippen LogP contribution in [0.1, 0.15) is 27.7 Å². The molecule has 174 valence electrons. The first kappa shape index (κ1) is 24.7. The van der Waals surface area contributed by atoms with E-state index in [-0.39, 0.29) is 18.3 Å². The number of fused-ring (bicyclic) bond motifs is 1. The van der Waals surface area contributed by atoms with Gasteiger partial charge in [0.25, 0.3) is 0 Å². The summed E-state index contributed by atoms with van der Waals surface area (Å²) in [6, 6.07) is 11.2. The van der Waals surface area contributed by atoms with Gasteiger partial charge in [0, 0.05) is 37.3 Å². The number of rotatable bonds is 10. The van der Waals surface area contributed by atoms with Gasteiger partial charge < -0.3 is 19.6 Å². The maximum absolute atomic E-state index is 13.2. The molecule has 0 aliphatic heterocycles. The molecule has 8 heteroatoms. The molecule has 0 fully saturated rings. The number of sulfone groups is 1. The van der Waals surface area contributed by atoms with Crippen LogP contribution in [0.5, 0.6) is 0 Å². The molecule has 0 saturated carbocycles. The molecular formula is C24H33NO5SSi. The predicted molar refractivity (Wildman–Crippen MR) is 130 cm³/mol. The third kappa shape index (κ3) is 5.68. The third-order valence-electron chi connectivity index (χ3n) is 5.48. The van der Waals surface area contributed by atoms with E-state index < -0.39 is 23.3 Å². The van der Waals surface area contributed by atoms with Gasteiger partial charge in [0.15, 0.2) is 5.44 Å². The summed E-state index contributed by atoms with van der Waals surface area (Å²) in [4.78, 5) is 3.22. The Morgan fingerprint density at radius 3 is 2.41 bits per heavy atom. The molecule has 0 aliphatic rings. The number of H-pyrrole nitrogens is 1. The molecule has 0 aliphatic carbocycles. The Labute approximate surface area is 191 Å². The van der Waals surface area contributed by atoms with Crippen LogP contribution in [0, 0.1) is 13.8 Å². The number of aryl methyl sites for hydroxylation is 2. The lowest BCUT2D eigenvalue weighted by molar-refractivity contribution is -0.0576. The zero-order chi connectivity index (χ0) is 23.5. The van der Waals surface area contributed by atoms with E-state index in [1.54, 1.807) is 24.4 Å². The zero-order valence-electron chi connectivity index (χ0n) is 19.4. The van der Waals surface area contributed by atoms with Gasteiger partial charge in [0.2, 0.25) is 9.84 Å². The summed E-state index contributed by atoms with van der Waals surface area (Å²) >= 11 is 0. The van der Waals surface area contributed by atoms with Crippen molar-refractivity contribution in [3.05, 3.63) is 64.8 Å². The second-order valence-corrected chi connectivity index (χ2v) is 17.1. The summed E-state index contributed by atoms with van der Waals surface area (Å²) in [5, 5.41) is 11.8. The molecule has 0 amide bonds. The van der Waals surface area contributed by atoms with E-state index in [9.17, 15) is 13.5 Å². The molecule has 2 aromatic carbocycles. The van der Waals surface area contributed by atoms with E-state index in [1.165, 1.54) is 12.1 Å². The van der Waals surface area contributed by atoms with E-state index in [2.05, 4.69) is 24.6 Å². The lowest BCUT2D eigenvalue weighted by Gasteiger charge is -2.19. The molecule has 1 atom stereocenters. The van der Waals surface area contributed by atoms with Crippen molar-refractivity contribution in [2.24, 2.45) is 0 Å². The maximum atomic E-state index is 13.2. The van der Waals surface area contributed by atoms with E-state index in [0.717, 1.165) is 22.7 Å². The van der Waals surface area contributed by atoms with Gasteiger partial charge in [-0.15, -0.1) is 0 Å². The molecule has 6 nitrogen and oxygen atoms in total. The Hall–Kier alpha value is -1.97. The van der Waals surface area contributed by atoms with Crippen molar-refractivity contribution >= 4 is 28.8 Å². The van der Waals surface area contributed by atoms with Crippen molar-refractivity contribution < 1.29 is 23.0 Å². The molecule has 1 heterocycles. The fraction of sp³-hybridized carbons (Fsp3) is 0.417. The first-order valence-electron chi connectivity index (χ1n) is 10.7. The number of hydrogen-bond donors (Lipinski definition) is 2. The average molecular weight is 476 g/mol. The molecule has 1 aromatic heterocycles. The average Bonchev–Trinajstić information content (AvgIpc) is 3.20. The lowest BCUT2D eigenvalue weighted by Crippen LogP contribution is -2.22. The first-order valence-corrected chi connectivity index (χ1v) is 16.0. The Balaban J connectivity index is 1.87. The Morgan fingerprint density at radius 1 is 1.06 bits per heavy atom. The second-order valence-electron chi connectivity index (χ2n) is 9.43. The second kappa shape index (κ2) is 9.89. The van der Waals surface area contributed by atoms with Crippen molar-refractivity contribution in [2.75, 3.05) is 13.4 Å². The number of benzene rings is 2. The fourth-order valence-electron chi connectivity index (χ4n) is 3.58. The minimum Gasteiger partial charge on any atom is -0.373 e. The largest absolute Gasteiger partial charge is 0.373 e. The fourth-order valence-corrected chi connectivity index (χ4v) is 5.69. The predicted octanol–water partition coefficient (Wildman–Crippen LogP) is 5.08. The summed E-state index contributed by atoms with van der Waals surface area (Å²) in [7, 11) is -5.19. The highest BCUT2D eigenvalue weighted by atomic mass is 32.2. The summed E-state index contributed by atoms with van der Waals surface area (Å²) in [6.07, 6.45) is 1.75. The van der Waals surface area contributed by atoms with Crippen molar-refractivity contribution in [1.29, 1.82) is 0 Å². The topological polar surface area (TPSA) is 88.6 Å². The molecule has 32 heavy (non-hydrogen) atoms. The van der Waals surface area contributed by atoms with Gasteiger partial charge in [-0.05, 0) is 49.2 Å². The molecule has 1 unspecified atom stereocenters. The molecular weight excluding hydrogens is 442 g/mol. The number of aromatic amines is 1. The monoisotopic (exact) mass is 475 g/mol. The van der Waals surface area contributed by atoms with Crippen molar-refractivity contribution in [1.82, 2.24) is 4.98 Å².